The normalized spacial score (nSPS) is 10.8. The van der Waals surface area contributed by atoms with Crippen LogP contribution in [0.4, 0.5) is 5.69 Å². The van der Waals surface area contributed by atoms with Crippen LogP contribution in [0.5, 0.6) is 0 Å². The van der Waals surface area contributed by atoms with Crippen LogP contribution in [0, 0.1) is 24.0 Å². The Morgan fingerprint density at radius 1 is 1.53 bits per heavy atom. The Kier molecular flexibility index (Phi) is 2.88. The molecule has 0 amide bonds. The highest BCUT2D eigenvalue weighted by molar-refractivity contribution is 7.99. The molecule has 0 aliphatic carbocycles. The lowest BCUT2D eigenvalue weighted by Crippen LogP contribution is -1.94. The van der Waals surface area contributed by atoms with Crippen LogP contribution >= 0.6 is 11.8 Å². The number of nitrogens with zero attached hydrogens (tertiary/aromatic N) is 4. The SMILES string of the molecule is Cc1coc(Sc2c([N+](=O)[O-])c(C)nn2C)n1. The van der Waals surface area contributed by atoms with Gasteiger partial charge in [0.15, 0.2) is 5.03 Å². The second-order valence-corrected chi connectivity index (χ2v) is 4.42. The molecule has 0 N–H and O–H groups in total. The van der Waals surface area contributed by atoms with Gasteiger partial charge in [-0.25, -0.2) is 4.98 Å². The Morgan fingerprint density at radius 2 is 2.24 bits per heavy atom. The molecule has 2 rings (SSSR count). The molecule has 2 heterocycles. The van der Waals surface area contributed by atoms with Crippen molar-refractivity contribution in [3.05, 3.63) is 27.8 Å². The van der Waals surface area contributed by atoms with Gasteiger partial charge >= 0.3 is 5.69 Å². The molecule has 0 saturated heterocycles. The zero-order chi connectivity index (χ0) is 12.6. The van der Waals surface area contributed by atoms with Crippen molar-refractivity contribution in [3.8, 4) is 0 Å². The van der Waals surface area contributed by atoms with Gasteiger partial charge < -0.3 is 4.42 Å². The molecule has 0 atom stereocenters. The van der Waals surface area contributed by atoms with Gasteiger partial charge in [0, 0.05) is 7.05 Å². The third kappa shape index (κ3) is 2.16. The summed E-state index contributed by atoms with van der Waals surface area (Å²) in [6, 6.07) is 0. The van der Waals surface area contributed by atoms with Gasteiger partial charge in [0.2, 0.25) is 0 Å². The van der Waals surface area contributed by atoms with Crippen molar-refractivity contribution in [2.24, 2.45) is 7.05 Å². The first kappa shape index (κ1) is 11.6. The van der Waals surface area contributed by atoms with E-state index in [1.807, 2.05) is 0 Å². The van der Waals surface area contributed by atoms with E-state index in [0.717, 1.165) is 17.5 Å². The highest BCUT2D eigenvalue weighted by Gasteiger charge is 2.26. The summed E-state index contributed by atoms with van der Waals surface area (Å²) < 4.78 is 6.61. The highest BCUT2D eigenvalue weighted by Crippen LogP contribution is 2.35. The fourth-order valence-electron chi connectivity index (χ4n) is 1.41. The molecular formula is C9H10N4O3S. The average molecular weight is 254 g/mol. The Hall–Kier alpha value is -1.83. The number of hydrogen-bond acceptors (Lipinski definition) is 6. The lowest BCUT2D eigenvalue weighted by atomic mass is 10.4. The first-order valence-corrected chi connectivity index (χ1v) is 5.58. The van der Waals surface area contributed by atoms with E-state index in [1.54, 1.807) is 20.9 Å². The molecule has 0 spiro atoms. The quantitative estimate of drug-likeness (QED) is 0.615. The van der Waals surface area contributed by atoms with Crippen molar-refractivity contribution < 1.29 is 9.34 Å². The molecule has 2 aromatic heterocycles. The standard InChI is InChI=1S/C9H10N4O3S/c1-5-4-16-9(10-5)17-8-7(13(14)15)6(2)11-12(8)3/h4H,1-3H3. The van der Waals surface area contributed by atoms with Crippen LogP contribution in [0.25, 0.3) is 0 Å². The molecule has 0 unspecified atom stereocenters. The van der Waals surface area contributed by atoms with E-state index in [0.29, 0.717) is 15.9 Å². The van der Waals surface area contributed by atoms with Gasteiger partial charge in [-0.15, -0.1) is 0 Å². The third-order valence-electron chi connectivity index (χ3n) is 2.10. The second-order valence-electron chi connectivity index (χ2n) is 3.48. The predicted molar refractivity (Wildman–Crippen MR) is 60.0 cm³/mol. The van der Waals surface area contributed by atoms with Gasteiger partial charge in [-0.1, -0.05) is 0 Å². The summed E-state index contributed by atoms with van der Waals surface area (Å²) in [5.74, 6) is 0. The molecule has 90 valence electrons. The van der Waals surface area contributed by atoms with Gasteiger partial charge in [0.05, 0.1) is 10.6 Å². The van der Waals surface area contributed by atoms with E-state index in [1.165, 1.54) is 10.9 Å². The van der Waals surface area contributed by atoms with E-state index in [4.69, 9.17) is 4.42 Å². The Balaban J connectivity index is 2.41. The van der Waals surface area contributed by atoms with Gasteiger partial charge in [0.25, 0.3) is 5.22 Å². The number of aromatic nitrogens is 3. The van der Waals surface area contributed by atoms with Crippen molar-refractivity contribution in [2.75, 3.05) is 0 Å². The van der Waals surface area contributed by atoms with Gasteiger partial charge in [-0.3, -0.25) is 14.8 Å². The van der Waals surface area contributed by atoms with Crippen LogP contribution in [-0.4, -0.2) is 19.7 Å². The van der Waals surface area contributed by atoms with Crippen molar-refractivity contribution in [3.63, 3.8) is 0 Å². The summed E-state index contributed by atoms with van der Waals surface area (Å²) in [6.07, 6.45) is 1.50. The van der Waals surface area contributed by atoms with Crippen molar-refractivity contribution in [2.45, 2.75) is 24.1 Å². The average Bonchev–Trinajstić information content (AvgIpc) is 2.72. The topological polar surface area (TPSA) is 87.0 Å². The van der Waals surface area contributed by atoms with Crippen LogP contribution in [0.3, 0.4) is 0 Å². The fourth-order valence-corrected chi connectivity index (χ4v) is 2.36. The van der Waals surface area contributed by atoms with E-state index in [2.05, 4.69) is 10.1 Å². The molecular weight excluding hydrogens is 244 g/mol. The van der Waals surface area contributed by atoms with Gasteiger partial charge in [-0.05, 0) is 25.6 Å². The number of aryl methyl sites for hydroxylation is 3. The minimum absolute atomic E-state index is 0.00615. The van der Waals surface area contributed by atoms with E-state index in [9.17, 15) is 10.1 Å². The first-order chi connectivity index (χ1) is 7.99. The van der Waals surface area contributed by atoms with Crippen LogP contribution in [-0.2, 0) is 7.05 Å². The smallest absolute Gasteiger partial charge is 0.324 e. The molecule has 0 aliphatic heterocycles. The van der Waals surface area contributed by atoms with Crippen LogP contribution < -0.4 is 0 Å². The number of nitro groups is 1. The van der Waals surface area contributed by atoms with Gasteiger partial charge in [-0.2, -0.15) is 5.10 Å². The first-order valence-electron chi connectivity index (χ1n) is 4.77. The number of rotatable bonds is 3. The zero-order valence-electron chi connectivity index (χ0n) is 9.50. The lowest BCUT2D eigenvalue weighted by Gasteiger charge is -1.96. The second kappa shape index (κ2) is 4.21. The maximum absolute atomic E-state index is 10.9. The monoisotopic (exact) mass is 254 g/mol. The Labute approximate surface area is 101 Å². The summed E-state index contributed by atoms with van der Waals surface area (Å²) in [6.45, 7) is 3.39. The highest BCUT2D eigenvalue weighted by atomic mass is 32.2. The Bertz CT molecular complexity index is 575. The summed E-state index contributed by atoms with van der Waals surface area (Å²) in [7, 11) is 1.65. The molecule has 8 heteroatoms. The molecule has 0 saturated carbocycles. The number of hydrogen-bond donors (Lipinski definition) is 0. The molecule has 0 radical (unpaired) electrons. The summed E-state index contributed by atoms with van der Waals surface area (Å²) in [4.78, 5) is 14.6. The maximum Gasteiger partial charge on any atom is 0.324 e. The van der Waals surface area contributed by atoms with Crippen molar-refractivity contribution in [1.29, 1.82) is 0 Å². The predicted octanol–water partition coefficient (Wildman–Crippen LogP) is 2.08. The summed E-state index contributed by atoms with van der Waals surface area (Å²) >= 11 is 1.09. The molecule has 0 bridgehead atoms. The minimum atomic E-state index is -0.444. The molecule has 7 nitrogen and oxygen atoms in total. The molecule has 0 aromatic carbocycles. The molecule has 2 aromatic rings. The molecule has 0 aliphatic rings. The van der Waals surface area contributed by atoms with Crippen LogP contribution in [0.2, 0.25) is 0 Å². The van der Waals surface area contributed by atoms with Crippen molar-refractivity contribution in [1.82, 2.24) is 14.8 Å². The number of oxazole rings is 1. The maximum atomic E-state index is 10.9. The Morgan fingerprint density at radius 3 is 2.76 bits per heavy atom. The molecule has 0 fully saturated rings. The van der Waals surface area contributed by atoms with Crippen LogP contribution in [0.1, 0.15) is 11.4 Å². The van der Waals surface area contributed by atoms with Crippen LogP contribution in [0.15, 0.2) is 20.9 Å². The summed E-state index contributed by atoms with van der Waals surface area (Å²) in [5, 5.41) is 15.7. The zero-order valence-corrected chi connectivity index (χ0v) is 10.3. The van der Waals surface area contributed by atoms with Gasteiger partial charge in [0.1, 0.15) is 12.0 Å². The van der Waals surface area contributed by atoms with E-state index < -0.39 is 4.92 Å². The largest absolute Gasteiger partial charge is 0.439 e. The molecule has 17 heavy (non-hydrogen) atoms. The summed E-state index contributed by atoms with van der Waals surface area (Å²) in [5.41, 5.74) is 1.10. The van der Waals surface area contributed by atoms with Crippen molar-refractivity contribution >= 4 is 17.4 Å². The van der Waals surface area contributed by atoms with E-state index >= 15 is 0 Å². The third-order valence-corrected chi connectivity index (χ3v) is 3.12. The van der Waals surface area contributed by atoms with E-state index in [-0.39, 0.29) is 5.69 Å². The fraction of sp³-hybridized carbons (Fsp3) is 0.333. The lowest BCUT2D eigenvalue weighted by molar-refractivity contribution is -0.388. The minimum Gasteiger partial charge on any atom is -0.439 e.